The van der Waals surface area contributed by atoms with Crippen molar-refractivity contribution < 1.29 is 19.4 Å². The number of hydrogen-bond donors (Lipinski definition) is 1. The molecule has 0 saturated heterocycles. The number of amides is 1. The third-order valence-electron chi connectivity index (χ3n) is 2.90. The van der Waals surface area contributed by atoms with Crippen LogP contribution in [-0.2, 0) is 16.1 Å². The second-order valence-corrected chi connectivity index (χ2v) is 5.54. The average Bonchev–Trinajstić information content (AvgIpc) is 2.72. The molecule has 1 amide bonds. The SMILES string of the molecule is CC(C)(C)OC(=O)N1CCn2cccc2[C@@H]1C(=O)O. The van der Waals surface area contributed by atoms with Gasteiger partial charge >= 0.3 is 12.1 Å². The molecule has 0 aliphatic carbocycles. The highest BCUT2D eigenvalue weighted by Gasteiger charge is 2.38. The summed E-state index contributed by atoms with van der Waals surface area (Å²) in [5.74, 6) is -1.05. The fraction of sp³-hybridized carbons (Fsp3) is 0.538. The Bertz CT molecular complexity index is 501. The zero-order valence-corrected chi connectivity index (χ0v) is 11.3. The number of hydrogen-bond acceptors (Lipinski definition) is 3. The largest absolute Gasteiger partial charge is 0.479 e. The molecule has 1 aromatic heterocycles. The van der Waals surface area contributed by atoms with E-state index in [4.69, 9.17) is 4.74 Å². The van der Waals surface area contributed by atoms with Gasteiger partial charge in [-0.1, -0.05) is 0 Å². The van der Waals surface area contributed by atoms with Gasteiger partial charge in [0, 0.05) is 19.3 Å². The minimum Gasteiger partial charge on any atom is -0.479 e. The highest BCUT2D eigenvalue weighted by Crippen LogP contribution is 2.27. The average molecular weight is 266 g/mol. The van der Waals surface area contributed by atoms with Crippen LogP contribution in [0, 0.1) is 0 Å². The molecule has 2 rings (SSSR count). The van der Waals surface area contributed by atoms with Crippen LogP contribution < -0.4 is 0 Å². The van der Waals surface area contributed by atoms with E-state index in [2.05, 4.69) is 0 Å². The Hall–Kier alpha value is -1.98. The summed E-state index contributed by atoms with van der Waals surface area (Å²) in [7, 11) is 0. The van der Waals surface area contributed by atoms with Gasteiger partial charge < -0.3 is 14.4 Å². The van der Waals surface area contributed by atoms with E-state index >= 15 is 0 Å². The number of carbonyl (C=O) groups is 2. The molecule has 2 heterocycles. The van der Waals surface area contributed by atoms with E-state index in [-0.39, 0.29) is 0 Å². The summed E-state index contributed by atoms with van der Waals surface area (Å²) in [6.07, 6.45) is 1.23. The van der Waals surface area contributed by atoms with Crippen LogP contribution in [0.5, 0.6) is 0 Å². The summed E-state index contributed by atoms with van der Waals surface area (Å²) in [6, 6.07) is 2.51. The Morgan fingerprint density at radius 1 is 1.37 bits per heavy atom. The van der Waals surface area contributed by atoms with E-state index in [9.17, 15) is 14.7 Å². The molecule has 0 spiro atoms. The number of rotatable bonds is 1. The van der Waals surface area contributed by atoms with Crippen molar-refractivity contribution in [3.05, 3.63) is 24.0 Å². The van der Waals surface area contributed by atoms with Gasteiger partial charge in [-0.3, -0.25) is 4.90 Å². The lowest BCUT2D eigenvalue weighted by Crippen LogP contribution is -2.47. The van der Waals surface area contributed by atoms with Gasteiger partial charge in [0.05, 0.1) is 5.69 Å². The third-order valence-corrected chi connectivity index (χ3v) is 2.90. The molecular weight excluding hydrogens is 248 g/mol. The number of nitrogens with zero attached hydrogens (tertiary/aromatic N) is 2. The van der Waals surface area contributed by atoms with Crippen molar-refractivity contribution in [3.63, 3.8) is 0 Å². The van der Waals surface area contributed by atoms with Crippen molar-refractivity contribution in [2.45, 2.75) is 39.0 Å². The quantitative estimate of drug-likeness (QED) is 0.842. The van der Waals surface area contributed by atoms with Crippen LogP contribution in [0.1, 0.15) is 32.5 Å². The van der Waals surface area contributed by atoms with Crippen LogP contribution in [0.3, 0.4) is 0 Å². The second-order valence-electron chi connectivity index (χ2n) is 5.54. The lowest BCUT2D eigenvalue weighted by atomic mass is 10.1. The molecule has 19 heavy (non-hydrogen) atoms. The molecule has 0 radical (unpaired) electrons. The van der Waals surface area contributed by atoms with E-state index in [1.807, 2.05) is 10.8 Å². The highest BCUT2D eigenvalue weighted by atomic mass is 16.6. The molecule has 1 aliphatic rings. The van der Waals surface area contributed by atoms with E-state index in [0.29, 0.717) is 18.8 Å². The smallest absolute Gasteiger partial charge is 0.411 e. The predicted octanol–water partition coefficient (Wildman–Crippen LogP) is 1.86. The molecule has 0 unspecified atom stereocenters. The van der Waals surface area contributed by atoms with Crippen LogP contribution in [0.15, 0.2) is 18.3 Å². The summed E-state index contributed by atoms with van der Waals surface area (Å²) >= 11 is 0. The van der Waals surface area contributed by atoms with E-state index in [0.717, 1.165) is 0 Å². The lowest BCUT2D eigenvalue weighted by molar-refractivity contribution is -0.144. The van der Waals surface area contributed by atoms with Crippen molar-refractivity contribution in [1.82, 2.24) is 9.47 Å². The Balaban J connectivity index is 2.27. The summed E-state index contributed by atoms with van der Waals surface area (Å²) < 4.78 is 7.11. The predicted molar refractivity (Wildman–Crippen MR) is 67.7 cm³/mol. The Kier molecular flexibility index (Phi) is 3.26. The highest BCUT2D eigenvalue weighted by molar-refractivity contribution is 5.81. The first-order valence-corrected chi connectivity index (χ1v) is 6.17. The van der Waals surface area contributed by atoms with E-state index in [1.54, 1.807) is 32.9 Å². The number of aromatic nitrogens is 1. The molecule has 0 saturated carbocycles. The molecular formula is C13H18N2O4. The van der Waals surface area contributed by atoms with Crippen LogP contribution >= 0.6 is 0 Å². The van der Waals surface area contributed by atoms with Crippen LogP contribution in [0.2, 0.25) is 0 Å². The number of carbonyl (C=O) groups excluding carboxylic acids is 1. The van der Waals surface area contributed by atoms with Crippen LogP contribution in [-0.4, -0.2) is 38.8 Å². The van der Waals surface area contributed by atoms with Crippen LogP contribution in [0.25, 0.3) is 0 Å². The third kappa shape index (κ3) is 2.72. The van der Waals surface area contributed by atoms with Crippen molar-refractivity contribution >= 4 is 12.1 Å². The first-order chi connectivity index (χ1) is 8.79. The summed E-state index contributed by atoms with van der Waals surface area (Å²) in [4.78, 5) is 24.8. The molecule has 1 aromatic rings. The van der Waals surface area contributed by atoms with Crippen molar-refractivity contribution in [1.29, 1.82) is 0 Å². The van der Waals surface area contributed by atoms with Gasteiger partial charge in [0.15, 0.2) is 6.04 Å². The maximum absolute atomic E-state index is 12.1. The van der Waals surface area contributed by atoms with E-state index < -0.39 is 23.7 Å². The van der Waals surface area contributed by atoms with Crippen molar-refractivity contribution in [2.24, 2.45) is 0 Å². The fourth-order valence-corrected chi connectivity index (χ4v) is 2.16. The number of carboxylic acids is 1. The zero-order valence-electron chi connectivity index (χ0n) is 11.3. The molecule has 0 aromatic carbocycles. The van der Waals surface area contributed by atoms with Gasteiger partial charge in [0.25, 0.3) is 0 Å². The number of aliphatic carboxylic acids is 1. The topological polar surface area (TPSA) is 71.8 Å². The van der Waals surface area contributed by atoms with Crippen molar-refractivity contribution in [3.8, 4) is 0 Å². The Morgan fingerprint density at radius 3 is 2.63 bits per heavy atom. The first-order valence-electron chi connectivity index (χ1n) is 6.17. The van der Waals surface area contributed by atoms with Gasteiger partial charge in [0.1, 0.15) is 5.60 Å². The molecule has 1 aliphatic heterocycles. The number of ether oxygens (including phenoxy) is 1. The first kappa shape index (κ1) is 13.5. The maximum atomic E-state index is 12.1. The van der Waals surface area contributed by atoms with Gasteiger partial charge in [0.2, 0.25) is 0 Å². The monoisotopic (exact) mass is 266 g/mol. The maximum Gasteiger partial charge on any atom is 0.411 e. The standard InChI is InChI=1S/C13H18N2O4/c1-13(2,3)19-12(18)15-8-7-14-6-4-5-9(14)10(15)11(16)17/h4-6,10H,7-8H2,1-3H3,(H,16,17)/t10-/m1/s1. The minimum atomic E-state index is -1.05. The Morgan fingerprint density at radius 2 is 2.05 bits per heavy atom. The van der Waals surface area contributed by atoms with E-state index in [1.165, 1.54) is 4.90 Å². The fourth-order valence-electron chi connectivity index (χ4n) is 2.16. The van der Waals surface area contributed by atoms with Gasteiger partial charge in [-0.15, -0.1) is 0 Å². The molecule has 6 nitrogen and oxygen atoms in total. The van der Waals surface area contributed by atoms with Gasteiger partial charge in [-0.25, -0.2) is 9.59 Å². The molecule has 1 N–H and O–H groups in total. The van der Waals surface area contributed by atoms with Gasteiger partial charge in [-0.05, 0) is 32.9 Å². The molecule has 104 valence electrons. The summed E-state index contributed by atoms with van der Waals surface area (Å²) in [5.41, 5.74) is -0.0378. The molecule has 6 heteroatoms. The molecule has 0 fully saturated rings. The van der Waals surface area contributed by atoms with Crippen LogP contribution in [0.4, 0.5) is 4.79 Å². The summed E-state index contributed by atoms with van der Waals surface area (Å²) in [6.45, 7) is 6.17. The normalized spacial score (nSPS) is 18.9. The van der Waals surface area contributed by atoms with Crippen molar-refractivity contribution in [2.75, 3.05) is 6.54 Å². The summed E-state index contributed by atoms with van der Waals surface area (Å²) in [5, 5.41) is 9.36. The van der Waals surface area contributed by atoms with Gasteiger partial charge in [-0.2, -0.15) is 0 Å². The number of fused-ring (bicyclic) bond motifs is 1. The molecule has 0 bridgehead atoms. The molecule has 1 atom stereocenters. The second kappa shape index (κ2) is 4.60. The lowest BCUT2D eigenvalue weighted by Gasteiger charge is -2.35. The zero-order chi connectivity index (χ0) is 14.2. The number of carboxylic acid groups (broad SMARTS) is 1. The Labute approximate surface area is 111 Å². The minimum absolute atomic E-state index is 0.327.